The molecule has 0 unspecified atom stereocenters. The molecule has 0 saturated carbocycles. The molecule has 0 aliphatic heterocycles. The molecule has 0 fully saturated rings. The van der Waals surface area contributed by atoms with Crippen LogP contribution in [-0.2, 0) is 4.79 Å². The predicted octanol–water partition coefficient (Wildman–Crippen LogP) is 2.08. The molecule has 0 bridgehead atoms. The highest BCUT2D eigenvalue weighted by atomic mass is 19.2. The standard InChI is InChI=1S/C15H14F2N2O3/c1-8-10(5-6-22-8)14(20)19-13(15(21)18-2)9-3-4-11(16)12(17)7-9/h3-7,13H,1-2H3,(H,18,21)(H,19,20)/t13-/m0/s1. The molecule has 2 N–H and O–H groups in total. The molecule has 0 spiro atoms. The molecule has 22 heavy (non-hydrogen) atoms. The largest absolute Gasteiger partial charge is 0.469 e. The molecule has 0 aliphatic carbocycles. The summed E-state index contributed by atoms with van der Waals surface area (Å²) in [6.07, 6.45) is 1.34. The second-order valence-electron chi connectivity index (χ2n) is 4.58. The van der Waals surface area contributed by atoms with Gasteiger partial charge in [0.15, 0.2) is 11.6 Å². The van der Waals surface area contributed by atoms with Crippen molar-refractivity contribution in [3.05, 3.63) is 59.1 Å². The fourth-order valence-corrected chi connectivity index (χ4v) is 1.97. The zero-order valence-electron chi connectivity index (χ0n) is 11.9. The monoisotopic (exact) mass is 308 g/mol. The van der Waals surface area contributed by atoms with Crippen LogP contribution in [0.15, 0.2) is 34.9 Å². The van der Waals surface area contributed by atoms with E-state index < -0.39 is 29.5 Å². The minimum atomic E-state index is -1.15. The molecule has 1 atom stereocenters. The van der Waals surface area contributed by atoms with Crippen LogP contribution >= 0.6 is 0 Å². The van der Waals surface area contributed by atoms with Gasteiger partial charge in [-0.05, 0) is 30.7 Å². The fourth-order valence-electron chi connectivity index (χ4n) is 1.97. The molecule has 2 amide bonds. The van der Waals surface area contributed by atoms with E-state index in [1.165, 1.54) is 25.4 Å². The van der Waals surface area contributed by atoms with E-state index in [1.807, 2.05) is 0 Å². The Kier molecular flexibility index (Phi) is 4.55. The van der Waals surface area contributed by atoms with Gasteiger partial charge in [0, 0.05) is 7.05 Å². The van der Waals surface area contributed by atoms with Crippen LogP contribution in [0.3, 0.4) is 0 Å². The molecular weight excluding hydrogens is 294 g/mol. The Hall–Kier alpha value is -2.70. The van der Waals surface area contributed by atoms with Crippen LogP contribution < -0.4 is 10.6 Å². The first kappa shape index (κ1) is 15.7. The Morgan fingerprint density at radius 1 is 1.18 bits per heavy atom. The number of likely N-dealkylation sites (N-methyl/N-ethyl adjacent to an activating group) is 1. The van der Waals surface area contributed by atoms with Gasteiger partial charge in [0.25, 0.3) is 5.91 Å². The molecule has 1 aromatic heterocycles. The minimum absolute atomic E-state index is 0.132. The summed E-state index contributed by atoms with van der Waals surface area (Å²) in [6, 6.07) is 3.31. The van der Waals surface area contributed by atoms with Crippen LogP contribution in [0.1, 0.15) is 27.7 Å². The van der Waals surface area contributed by atoms with E-state index in [4.69, 9.17) is 4.42 Å². The van der Waals surface area contributed by atoms with E-state index in [2.05, 4.69) is 10.6 Å². The molecule has 0 aliphatic rings. The topological polar surface area (TPSA) is 71.3 Å². The molecule has 7 heteroatoms. The number of amides is 2. The first-order valence-corrected chi connectivity index (χ1v) is 6.45. The average molecular weight is 308 g/mol. The third-order valence-electron chi connectivity index (χ3n) is 3.16. The second kappa shape index (κ2) is 6.38. The first-order valence-electron chi connectivity index (χ1n) is 6.45. The Labute approximate surface area is 125 Å². The number of nitrogens with one attached hydrogen (secondary N) is 2. The van der Waals surface area contributed by atoms with Crippen LogP contribution in [0.5, 0.6) is 0 Å². The predicted molar refractivity (Wildman–Crippen MR) is 74.1 cm³/mol. The maximum absolute atomic E-state index is 13.3. The van der Waals surface area contributed by atoms with Gasteiger partial charge in [0.05, 0.1) is 11.8 Å². The highest BCUT2D eigenvalue weighted by molar-refractivity contribution is 5.98. The molecular formula is C15H14F2N2O3. The molecule has 2 aromatic rings. The lowest BCUT2D eigenvalue weighted by Gasteiger charge is -2.17. The van der Waals surface area contributed by atoms with Crippen molar-refractivity contribution in [3.63, 3.8) is 0 Å². The quantitative estimate of drug-likeness (QED) is 0.908. The molecule has 5 nitrogen and oxygen atoms in total. The van der Waals surface area contributed by atoms with Crippen molar-refractivity contribution in [2.24, 2.45) is 0 Å². The summed E-state index contributed by atoms with van der Waals surface area (Å²) >= 11 is 0. The van der Waals surface area contributed by atoms with E-state index in [0.29, 0.717) is 5.76 Å². The van der Waals surface area contributed by atoms with Crippen LogP contribution in [-0.4, -0.2) is 18.9 Å². The molecule has 1 heterocycles. The molecule has 116 valence electrons. The van der Waals surface area contributed by atoms with Crippen molar-refractivity contribution in [2.45, 2.75) is 13.0 Å². The highest BCUT2D eigenvalue weighted by Crippen LogP contribution is 2.18. The zero-order valence-corrected chi connectivity index (χ0v) is 11.9. The summed E-state index contributed by atoms with van der Waals surface area (Å²) in [5, 5.41) is 4.84. The number of carbonyl (C=O) groups is 2. The van der Waals surface area contributed by atoms with Crippen molar-refractivity contribution in [1.82, 2.24) is 10.6 Å². The molecule has 0 saturated heterocycles. The van der Waals surface area contributed by atoms with Gasteiger partial charge in [-0.15, -0.1) is 0 Å². The zero-order chi connectivity index (χ0) is 16.3. The van der Waals surface area contributed by atoms with Crippen LogP contribution in [0, 0.1) is 18.6 Å². The Morgan fingerprint density at radius 2 is 1.91 bits per heavy atom. The normalized spacial score (nSPS) is 11.8. The van der Waals surface area contributed by atoms with E-state index in [-0.39, 0.29) is 11.1 Å². The van der Waals surface area contributed by atoms with Gasteiger partial charge in [-0.3, -0.25) is 9.59 Å². The van der Waals surface area contributed by atoms with E-state index in [0.717, 1.165) is 12.1 Å². The summed E-state index contributed by atoms with van der Waals surface area (Å²) in [7, 11) is 1.38. The van der Waals surface area contributed by atoms with Crippen molar-refractivity contribution >= 4 is 11.8 Å². The Bertz CT molecular complexity index is 713. The highest BCUT2D eigenvalue weighted by Gasteiger charge is 2.24. The van der Waals surface area contributed by atoms with Gasteiger partial charge in [-0.2, -0.15) is 0 Å². The number of hydrogen-bond donors (Lipinski definition) is 2. The van der Waals surface area contributed by atoms with Gasteiger partial charge in [-0.25, -0.2) is 8.78 Å². The van der Waals surface area contributed by atoms with Crippen molar-refractivity contribution < 1.29 is 22.8 Å². The van der Waals surface area contributed by atoms with Gasteiger partial charge < -0.3 is 15.1 Å². The van der Waals surface area contributed by atoms with Gasteiger partial charge >= 0.3 is 0 Å². The number of halogens is 2. The average Bonchev–Trinajstić information content (AvgIpc) is 2.93. The minimum Gasteiger partial charge on any atom is -0.469 e. The van der Waals surface area contributed by atoms with Crippen molar-refractivity contribution in [1.29, 1.82) is 0 Å². The maximum atomic E-state index is 13.3. The maximum Gasteiger partial charge on any atom is 0.255 e. The van der Waals surface area contributed by atoms with E-state index in [1.54, 1.807) is 6.92 Å². The number of benzene rings is 1. The summed E-state index contributed by atoms with van der Waals surface area (Å²) in [4.78, 5) is 24.1. The number of furan rings is 1. The van der Waals surface area contributed by atoms with E-state index >= 15 is 0 Å². The van der Waals surface area contributed by atoms with E-state index in [9.17, 15) is 18.4 Å². The smallest absolute Gasteiger partial charge is 0.255 e. The van der Waals surface area contributed by atoms with Crippen molar-refractivity contribution in [3.8, 4) is 0 Å². The number of rotatable bonds is 4. The lowest BCUT2D eigenvalue weighted by Crippen LogP contribution is -2.39. The number of hydrogen-bond acceptors (Lipinski definition) is 3. The Morgan fingerprint density at radius 3 is 2.45 bits per heavy atom. The Balaban J connectivity index is 2.31. The summed E-state index contributed by atoms with van der Waals surface area (Å²) in [5.41, 5.74) is 0.393. The van der Waals surface area contributed by atoms with Crippen LogP contribution in [0.25, 0.3) is 0 Å². The summed E-state index contributed by atoms with van der Waals surface area (Å²) in [6.45, 7) is 1.60. The third-order valence-corrected chi connectivity index (χ3v) is 3.16. The fraction of sp³-hybridized carbons (Fsp3) is 0.200. The SMILES string of the molecule is CNC(=O)[C@@H](NC(=O)c1ccoc1C)c1ccc(F)c(F)c1. The van der Waals surface area contributed by atoms with Gasteiger partial charge in [0.1, 0.15) is 11.8 Å². The molecule has 2 rings (SSSR count). The molecule has 1 aromatic carbocycles. The summed E-state index contributed by atoms with van der Waals surface area (Å²) < 4.78 is 31.4. The van der Waals surface area contributed by atoms with Crippen LogP contribution in [0.2, 0.25) is 0 Å². The van der Waals surface area contributed by atoms with Gasteiger partial charge in [-0.1, -0.05) is 6.07 Å². The lowest BCUT2D eigenvalue weighted by molar-refractivity contribution is -0.122. The number of aryl methyl sites for hydroxylation is 1. The van der Waals surface area contributed by atoms with Crippen LogP contribution in [0.4, 0.5) is 8.78 Å². The first-order chi connectivity index (χ1) is 10.4. The molecule has 0 radical (unpaired) electrons. The third kappa shape index (κ3) is 3.13. The second-order valence-corrected chi connectivity index (χ2v) is 4.58. The summed E-state index contributed by atoms with van der Waals surface area (Å²) in [5.74, 6) is -2.85. The number of carbonyl (C=O) groups excluding carboxylic acids is 2. The lowest BCUT2D eigenvalue weighted by atomic mass is 10.0. The van der Waals surface area contributed by atoms with Crippen molar-refractivity contribution in [2.75, 3.05) is 7.05 Å². The van der Waals surface area contributed by atoms with Gasteiger partial charge in [0.2, 0.25) is 5.91 Å².